The monoisotopic (exact) mass is 419 g/mol. The van der Waals surface area contributed by atoms with Crippen molar-refractivity contribution >= 4 is 21.8 Å². The number of nitrogens with zero attached hydrogens (tertiary/aromatic N) is 3. The van der Waals surface area contributed by atoms with Gasteiger partial charge in [0.1, 0.15) is 11.6 Å². The number of benzene rings is 2. The molecule has 0 fully saturated rings. The van der Waals surface area contributed by atoms with Crippen LogP contribution in [0, 0.1) is 0 Å². The summed E-state index contributed by atoms with van der Waals surface area (Å²) in [6, 6.07) is 22.0. The average Bonchev–Trinajstić information content (AvgIpc) is 2.75. The number of sulfonamides is 1. The molecule has 0 aliphatic carbocycles. The van der Waals surface area contributed by atoms with Crippen LogP contribution in [0.25, 0.3) is 11.3 Å². The van der Waals surface area contributed by atoms with Crippen molar-refractivity contribution in [2.24, 2.45) is 0 Å². The van der Waals surface area contributed by atoms with E-state index < -0.39 is 10.0 Å². The molecular weight excluding hydrogens is 402 g/mol. The van der Waals surface area contributed by atoms with Gasteiger partial charge in [-0.15, -0.1) is 0 Å². The molecule has 2 heterocycles. The van der Waals surface area contributed by atoms with E-state index in [4.69, 9.17) is 10.5 Å². The SMILES string of the molecule is Nc1ccc(-c2cc(Oc3ccccc3)nc(NS(=O)(=O)c3ccccc3)n2)cn1. The van der Waals surface area contributed by atoms with Crippen LogP contribution in [0.2, 0.25) is 0 Å². The van der Waals surface area contributed by atoms with Crippen LogP contribution >= 0.6 is 0 Å². The molecule has 8 nitrogen and oxygen atoms in total. The van der Waals surface area contributed by atoms with Gasteiger partial charge in [-0.1, -0.05) is 36.4 Å². The number of nitrogen functional groups attached to an aromatic ring is 1. The minimum absolute atomic E-state index is 0.0960. The molecule has 0 spiro atoms. The minimum Gasteiger partial charge on any atom is -0.439 e. The molecule has 0 radical (unpaired) electrons. The van der Waals surface area contributed by atoms with Gasteiger partial charge in [-0.05, 0) is 36.4 Å². The lowest BCUT2D eigenvalue weighted by molar-refractivity contribution is 0.463. The smallest absolute Gasteiger partial charge is 0.264 e. The van der Waals surface area contributed by atoms with Crippen LogP contribution in [0.4, 0.5) is 11.8 Å². The van der Waals surface area contributed by atoms with E-state index >= 15 is 0 Å². The number of para-hydroxylation sites is 1. The van der Waals surface area contributed by atoms with Crippen molar-refractivity contribution < 1.29 is 13.2 Å². The minimum atomic E-state index is -3.87. The topological polar surface area (TPSA) is 120 Å². The molecule has 150 valence electrons. The Morgan fingerprint density at radius 3 is 2.23 bits per heavy atom. The maximum absolute atomic E-state index is 12.7. The number of nitrogens with two attached hydrogens (primary N) is 1. The van der Waals surface area contributed by atoms with Gasteiger partial charge in [-0.25, -0.2) is 23.1 Å². The fraction of sp³-hybridized carbons (Fsp3) is 0. The first-order chi connectivity index (χ1) is 14.5. The number of hydrogen-bond acceptors (Lipinski definition) is 7. The van der Waals surface area contributed by atoms with Gasteiger partial charge in [-0.3, -0.25) is 0 Å². The summed E-state index contributed by atoms with van der Waals surface area (Å²) in [6.45, 7) is 0. The number of nitrogens with one attached hydrogen (secondary N) is 1. The second kappa shape index (κ2) is 8.18. The van der Waals surface area contributed by atoms with E-state index in [1.54, 1.807) is 54.7 Å². The van der Waals surface area contributed by atoms with Crippen molar-refractivity contribution in [3.05, 3.63) is 85.1 Å². The second-order valence-electron chi connectivity index (χ2n) is 6.22. The molecule has 4 aromatic rings. The van der Waals surface area contributed by atoms with E-state index in [-0.39, 0.29) is 16.7 Å². The maximum atomic E-state index is 12.7. The largest absolute Gasteiger partial charge is 0.439 e. The highest BCUT2D eigenvalue weighted by atomic mass is 32.2. The third kappa shape index (κ3) is 4.53. The third-order valence-electron chi connectivity index (χ3n) is 4.03. The summed E-state index contributed by atoms with van der Waals surface area (Å²) in [7, 11) is -3.87. The van der Waals surface area contributed by atoms with Crippen LogP contribution in [0.1, 0.15) is 0 Å². The quantitative estimate of drug-likeness (QED) is 0.489. The number of ether oxygens (including phenoxy) is 1. The van der Waals surface area contributed by atoms with Gasteiger partial charge in [0.05, 0.1) is 10.6 Å². The molecule has 9 heteroatoms. The Morgan fingerprint density at radius 2 is 1.57 bits per heavy atom. The number of pyridine rings is 1. The Balaban J connectivity index is 1.74. The van der Waals surface area contributed by atoms with E-state index in [1.165, 1.54) is 12.1 Å². The molecule has 0 atom stereocenters. The molecule has 2 aromatic carbocycles. The fourth-order valence-electron chi connectivity index (χ4n) is 2.62. The summed E-state index contributed by atoms with van der Waals surface area (Å²) in [5.74, 6) is 0.959. The average molecular weight is 419 g/mol. The first-order valence-corrected chi connectivity index (χ1v) is 10.4. The molecular formula is C21H17N5O3S. The molecule has 0 aliphatic rings. The lowest BCUT2D eigenvalue weighted by Gasteiger charge is -2.11. The third-order valence-corrected chi connectivity index (χ3v) is 5.37. The Kier molecular flexibility index (Phi) is 5.27. The van der Waals surface area contributed by atoms with Crippen molar-refractivity contribution in [2.45, 2.75) is 4.90 Å². The van der Waals surface area contributed by atoms with Crippen LogP contribution < -0.4 is 15.2 Å². The molecule has 0 unspecified atom stereocenters. The van der Waals surface area contributed by atoms with E-state index in [0.717, 1.165) is 0 Å². The normalized spacial score (nSPS) is 11.1. The Labute approximate surface area is 173 Å². The number of anilines is 2. The van der Waals surface area contributed by atoms with Crippen molar-refractivity contribution in [1.82, 2.24) is 15.0 Å². The van der Waals surface area contributed by atoms with Gasteiger partial charge >= 0.3 is 0 Å². The van der Waals surface area contributed by atoms with Gasteiger partial charge < -0.3 is 10.5 Å². The highest BCUT2D eigenvalue weighted by Crippen LogP contribution is 2.27. The molecule has 0 saturated carbocycles. The molecule has 30 heavy (non-hydrogen) atoms. The predicted octanol–water partition coefficient (Wildman–Crippen LogP) is 3.71. The molecule has 3 N–H and O–H groups in total. The lowest BCUT2D eigenvalue weighted by Crippen LogP contribution is -2.15. The second-order valence-corrected chi connectivity index (χ2v) is 7.90. The first-order valence-electron chi connectivity index (χ1n) is 8.91. The highest BCUT2D eigenvalue weighted by Gasteiger charge is 2.17. The van der Waals surface area contributed by atoms with Crippen LogP contribution in [-0.2, 0) is 10.0 Å². The maximum Gasteiger partial charge on any atom is 0.264 e. The summed E-state index contributed by atoms with van der Waals surface area (Å²) in [5, 5.41) is 0. The van der Waals surface area contributed by atoms with Crippen LogP contribution in [0.15, 0.2) is 90.0 Å². The predicted molar refractivity (Wildman–Crippen MR) is 113 cm³/mol. The van der Waals surface area contributed by atoms with Crippen LogP contribution in [0.5, 0.6) is 11.6 Å². The van der Waals surface area contributed by atoms with Crippen molar-refractivity contribution in [2.75, 3.05) is 10.5 Å². The molecule has 0 saturated heterocycles. The van der Waals surface area contributed by atoms with Crippen LogP contribution in [0.3, 0.4) is 0 Å². The van der Waals surface area contributed by atoms with Crippen molar-refractivity contribution in [1.29, 1.82) is 0 Å². The molecule has 0 bridgehead atoms. The Bertz CT molecular complexity index is 1250. The highest BCUT2D eigenvalue weighted by molar-refractivity contribution is 7.92. The zero-order valence-corrected chi connectivity index (χ0v) is 16.5. The van der Waals surface area contributed by atoms with Gasteiger partial charge in [0, 0.05) is 17.8 Å². The van der Waals surface area contributed by atoms with Crippen LogP contribution in [-0.4, -0.2) is 23.4 Å². The van der Waals surface area contributed by atoms with Crippen molar-refractivity contribution in [3.8, 4) is 22.9 Å². The number of aromatic nitrogens is 3. The Hall–Kier alpha value is -3.98. The standard InChI is InChI=1S/C21H17N5O3S/c22-19-12-11-15(14-23-19)18-13-20(29-16-7-3-1-4-8-16)25-21(24-18)26-30(27,28)17-9-5-2-6-10-17/h1-14H,(H2,22,23)(H,24,25,26). The number of rotatable bonds is 6. The zero-order valence-electron chi connectivity index (χ0n) is 15.6. The van der Waals surface area contributed by atoms with E-state index in [9.17, 15) is 8.42 Å². The summed E-state index contributed by atoms with van der Waals surface area (Å²) in [4.78, 5) is 12.7. The van der Waals surface area contributed by atoms with Gasteiger partial charge in [0.15, 0.2) is 0 Å². The van der Waals surface area contributed by atoms with Crippen molar-refractivity contribution in [3.63, 3.8) is 0 Å². The van der Waals surface area contributed by atoms with E-state index in [1.807, 2.05) is 18.2 Å². The summed E-state index contributed by atoms with van der Waals surface area (Å²) in [5.41, 5.74) is 6.71. The molecule has 4 rings (SSSR count). The number of hydrogen-bond donors (Lipinski definition) is 2. The fourth-order valence-corrected chi connectivity index (χ4v) is 3.58. The first kappa shape index (κ1) is 19.3. The van der Waals surface area contributed by atoms with Gasteiger partial charge in [-0.2, -0.15) is 4.98 Å². The summed E-state index contributed by atoms with van der Waals surface area (Å²) >= 11 is 0. The summed E-state index contributed by atoms with van der Waals surface area (Å²) < 4.78 is 33.6. The molecule has 0 amide bonds. The van der Waals surface area contributed by atoms with E-state index in [2.05, 4.69) is 19.7 Å². The van der Waals surface area contributed by atoms with Gasteiger partial charge in [0.25, 0.3) is 10.0 Å². The van der Waals surface area contributed by atoms with Gasteiger partial charge in [0.2, 0.25) is 11.8 Å². The summed E-state index contributed by atoms with van der Waals surface area (Å²) in [6.07, 6.45) is 1.54. The van der Waals surface area contributed by atoms with E-state index in [0.29, 0.717) is 22.8 Å². The zero-order chi connectivity index (χ0) is 21.0. The molecule has 2 aromatic heterocycles. The Morgan fingerprint density at radius 1 is 0.867 bits per heavy atom. The lowest BCUT2D eigenvalue weighted by atomic mass is 10.2. The molecule has 0 aliphatic heterocycles.